The predicted octanol–water partition coefficient (Wildman–Crippen LogP) is 4.46. The van der Waals surface area contributed by atoms with E-state index in [2.05, 4.69) is 0 Å². The van der Waals surface area contributed by atoms with E-state index in [9.17, 15) is 24.6 Å². The van der Waals surface area contributed by atoms with Crippen LogP contribution in [0.5, 0.6) is 0 Å². The lowest BCUT2D eigenvalue weighted by Crippen LogP contribution is -2.40. The van der Waals surface area contributed by atoms with Crippen LogP contribution in [0, 0.1) is 11.8 Å². The van der Waals surface area contributed by atoms with Crippen LogP contribution in [-0.4, -0.2) is 61.4 Å². The number of hydrogen-bond acceptors (Lipinski definition) is 5. The predicted molar refractivity (Wildman–Crippen MR) is 146 cm³/mol. The number of carbonyl (C=O) groups excluding carboxylic acids is 2. The Hall–Kier alpha value is -2.97. The molecular weight excluding hydrogens is 518 g/mol. The first-order valence-corrected chi connectivity index (χ1v) is 14.4. The van der Waals surface area contributed by atoms with Gasteiger partial charge in [-0.25, -0.2) is 0 Å². The summed E-state index contributed by atoms with van der Waals surface area (Å²) in [5.41, 5.74) is 3.99. The summed E-state index contributed by atoms with van der Waals surface area (Å²) in [4.78, 5) is 40.9. The van der Waals surface area contributed by atoms with Crippen LogP contribution in [0.15, 0.2) is 24.3 Å². The number of hydrogen-bond donors (Lipinski definition) is 2. The highest BCUT2D eigenvalue weighted by Crippen LogP contribution is 2.44. The Morgan fingerprint density at radius 2 is 1.87 bits per heavy atom. The van der Waals surface area contributed by atoms with Gasteiger partial charge in [-0.3, -0.25) is 14.4 Å². The van der Waals surface area contributed by atoms with Crippen molar-refractivity contribution in [2.45, 2.75) is 76.2 Å². The minimum absolute atomic E-state index is 0.0118. The van der Waals surface area contributed by atoms with E-state index < -0.39 is 17.5 Å². The van der Waals surface area contributed by atoms with Gasteiger partial charge < -0.3 is 15.1 Å². The zero-order chi connectivity index (χ0) is 27.5. The second-order valence-electron chi connectivity index (χ2n) is 12.0. The molecule has 0 radical (unpaired) electrons. The molecular formula is C30H34ClN3O5. The fraction of sp³-hybridized carbons (Fsp3) is 0.533. The van der Waals surface area contributed by atoms with Crippen molar-refractivity contribution in [2.75, 3.05) is 13.1 Å². The summed E-state index contributed by atoms with van der Waals surface area (Å²) >= 11 is 6.61. The summed E-state index contributed by atoms with van der Waals surface area (Å²) in [5, 5.41) is 25.1. The van der Waals surface area contributed by atoms with E-state index in [1.807, 2.05) is 18.2 Å². The first kappa shape index (κ1) is 26.3. The molecule has 1 amide bonds. The molecule has 3 atom stereocenters. The molecule has 0 bridgehead atoms. The van der Waals surface area contributed by atoms with Gasteiger partial charge in [0.2, 0.25) is 5.91 Å². The van der Waals surface area contributed by atoms with Gasteiger partial charge in [-0.15, -0.1) is 0 Å². The van der Waals surface area contributed by atoms with Crippen LogP contribution >= 0.6 is 11.6 Å². The van der Waals surface area contributed by atoms with Crippen molar-refractivity contribution in [1.29, 1.82) is 0 Å². The average Bonchev–Trinajstić information content (AvgIpc) is 3.60. The summed E-state index contributed by atoms with van der Waals surface area (Å²) in [6, 6.07) is 5.58. The number of allylic oxidation sites excluding steroid dienone is 2. The van der Waals surface area contributed by atoms with Crippen LogP contribution in [0.4, 0.5) is 0 Å². The molecule has 0 spiro atoms. The lowest BCUT2D eigenvalue weighted by atomic mass is 9.82. The second kappa shape index (κ2) is 9.89. The van der Waals surface area contributed by atoms with E-state index >= 15 is 0 Å². The van der Waals surface area contributed by atoms with Crippen LogP contribution < -0.4 is 0 Å². The normalized spacial score (nSPS) is 26.7. The van der Waals surface area contributed by atoms with E-state index in [4.69, 9.17) is 16.7 Å². The summed E-state index contributed by atoms with van der Waals surface area (Å²) in [6.07, 6.45) is 7.74. The number of aliphatic carboxylic acids is 1. The molecule has 2 heterocycles. The molecule has 6 rings (SSSR count). The zero-order valence-corrected chi connectivity index (χ0v) is 22.9. The Kier molecular flexibility index (Phi) is 6.66. The van der Waals surface area contributed by atoms with Gasteiger partial charge in [0.15, 0.2) is 0 Å². The Morgan fingerprint density at radius 3 is 2.51 bits per heavy atom. The SMILES string of the molecule is CC1(O)CCN(C(=O)C2CCc3c(C4=CCC(C(=O)O)CC4)nn(C(=O)c4c(Cl)cccc4C4CC4)c3C2)C1. The summed E-state index contributed by atoms with van der Waals surface area (Å²) < 4.78 is 1.47. The number of fused-ring (bicyclic) bond motifs is 1. The van der Waals surface area contributed by atoms with Crippen molar-refractivity contribution in [2.24, 2.45) is 11.8 Å². The molecule has 2 N–H and O–H groups in total. The molecule has 1 saturated heterocycles. The van der Waals surface area contributed by atoms with Crippen molar-refractivity contribution in [3.8, 4) is 0 Å². The van der Waals surface area contributed by atoms with Crippen LogP contribution in [-0.2, 0) is 22.4 Å². The van der Waals surface area contributed by atoms with Crippen molar-refractivity contribution < 1.29 is 24.6 Å². The number of aliphatic hydroxyl groups is 1. The summed E-state index contributed by atoms with van der Waals surface area (Å²) in [7, 11) is 0. The average molecular weight is 552 g/mol. The maximum Gasteiger partial charge on any atom is 0.306 e. The minimum atomic E-state index is -0.870. The van der Waals surface area contributed by atoms with Crippen molar-refractivity contribution in [3.63, 3.8) is 0 Å². The molecule has 2 aromatic rings. The molecule has 2 fully saturated rings. The molecule has 3 aliphatic carbocycles. The third-order valence-corrected chi connectivity index (χ3v) is 9.23. The van der Waals surface area contributed by atoms with Gasteiger partial charge in [0.05, 0.1) is 33.5 Å². The Labute approximate surface area is 232 Å². The van der Waals surface area contributed by atoms with Crippen LogP contribution in [0.1, 0.15) is 90.7 Å². The smallest absolute Gasteiger partial charge is 0.306 e. The standard InChI is InChI=1S/C30H34ClN3O5/c1-30(39)13-14-33(16-30)27(35)20-11-12-22-24(15-20)34(32-26(22)18-7-9-19(10-8-18)29(37)38)28(36)25-21(17-5-6-17)3-2-4-23(25)31/h2-4,7,17,19-20,39H,5-6,8-16H2,1H3,(H,37,38). The monoisotopic (exact) mass is 551 g/mol. The molecule has 4 aliphatic rings. The molecule has 1 aromatic heterocycles. The number of amides is 1. The second-order valence-corrected chi connectivity index (χ2v) is 12.4. The van der Waals surface area contributed by atoms with E-state index in [1.54, 1.807) is 17.9 Å². The molecule has 8 nitrogen and oxygen atoms in total. The number of rotatable bonds is 5. The van der Waals surface area contributed by atoms with E-state index in [0.29, 0.717) is 74.5 Å². The number of carboxylic acid groups (broad SMARTS) is 1. The number of carbonyl (C=O) groups is 3. The molecule has 3 unspecified atom stereocenters. The fourth-order valence-electron chi connectivity index (χ4n) is 6.52. The number of likely N-dealkylation sites (tertiary alicyclic amines) is 1. The highest BCUT2D eigenvalue weighted by molar-refractivity contribution is 6.34. The highest BCUT2D eigenvalue weighted by Gasteiger charge is 2.40. The first-order chi connectivity index (χ1) is 18.6. The number of carboxylic acids is 1. The van der Waals surface area contributed by atoms with Gasteiger partial charge in [-0.2, -0.15) is 9.78 Å². The van der Waals surface area contributed by atoms with Gasteiger partial charge in [-0.1, -0.05) is 29.8 Å². The molecule has 1 aromatic carbocycles. The maximum atomic E-state index is 14.1. The first-order valence-electron chi connectivity index (χ1n) is 14.0. The zero-order valence-electron chi connectivity index (χ0n) is 22.2. The minimum Gasteiger partial charge on any atom is -0.481 e. The summed E-state index contributed by atoms with van der Waals surface area (Å²) in [5.74, 6) is -1.44. The van der Waals surface area contributed by atoms with Gasteiger partial charge in [0.25, 0.3) is 5.91 Å². The number of halogens is 1. The molecule has 1 saturated carbocycles. The number of nitrogens with zero attached hydrogens (tertiary/aromatic N) is 3. The third-order valence-electron chi connectivity index (χ3n) is 8.92. The van der Waals surface area contributed by atoms with Crippen LogP contribution in [0.3, 0.4) is 0 Å². The maximum absolute atomic E-state index is 14.1. The lowest BCUT2D eigenvalue weighted by Gasteiger charge is -2.28. The van der Waals surface area contributed by atoms with E-state index in [1.165, 1.54) is 4.68 Å². The molecule has 39 heavy (non-hydrogen) atoms. The molecule has 206 valence electrons. The Morgan fingerprint density at radius 1 is 1.10 bits per heavy atom. The lowest BCUT2D eigenvalue weighted by molar-refractivity contribution is -0.142. The Balaban J connectivity index is 1.38. The van der Waals surface area contributed by atoms with Gasteiger partial charge >= 0.3 is 5.97 Å². The highest BCUT2D eigenvalue weighted by atomic mass is 35.5. The van der Waals surface area contributed by atoms with E-state index in [0.717, 1.165) is 40.9 Å². The molecule has 9 heteroatoms. The number of benzene rings is 1. The van der Waals surface area contributed by atoms with Gasteiger partial charge in [0, 0.05) is 31.0 Å². The van der Waals surface area contributed by atoms with E-state index in [-0.39, 0.29) is 17.7 Å². The topological polar surface area (TPSA) is 113 Å². The van der Waals surface area contributed by atoms with Crippen molar-refractivity contribution >= 4 is 35.0 Å². The number of β-amino-alcohol motifs (C(OH)–C–C–N with tert-alkyl or cyclic N) is 1. The van der Waals surface area contributed by atoms with Crippen LogP contribution in [0.2, 0.25) is 5.02 Å². The van der Waals surface area contributed by atoms with Crippen molar-refractivity contribution in [3.05, 3.63) is 57.4 Å². The quantitative estimate of drug-likeness (QED) is 0.567. The Bertz CT molecular complexity index is 1390. The summed E-state index contributed by atoms with van der Waals surface area (Å²) in [6.45, 7) is 2.61. The van der Waals surface area contributed by atoms with Crippen molar-refractivity contribution in [1.82, 2.24) is 14.7 Å². The van der Waals surface area contributed by atoms with Crippen LogP contribution in [0.25, 0.3) is 5.57 Å². The number of aromatic nitrogens is 2. The largest absolute Gasteiger partial charge is 0.481 e. The van der Waals surface area contributed by atoms with Gasteiger partial charge in [0.1, 0.15) is 0 Å². The fourth-order valence-corrected chi connectivity index (χ4v) is 6.78. The van der Waals surface area contributed by atoms with Gasteiger partial charge in [-0.05, 0) is 81.4 Å². The molecule has 1 aliphatic heterocycles. The third kappa shape index (κ3) is 4.93.